The minimum absolute atomic E-state index is 0.0909. The monoisotopic (exact) mass is 329 g/mol. The van der Waals surface area contributed by atoms with Gasteiger partial charge in [0.15, 0.2) is 5.84 Å². The number of rotatable bonds is 4. The van der Waals surface area contributed by atoms with E-state index in [0.29, 0.717) is 11.3 Å². The fraction of sp³-hybridized carbons (Fsp3) is 0.333. The molecule has 1 amide bonds. The number of halogens is 1. The summed E-state index contributed by atoms with van der Waals surface area (Å²) in [6, 6.07) is 5.04. The molecule has 4 N–H and O–H groups in total. The third kappa shape index (κ3) is 3.68. The molecule has 0 unspecified atom stereocenters. The molecule has 0 aliphatic heterocycles. The van der Waals surface area contributed by atoms with Crippen molar-refractivity contribution in [2.75, 3.05) is 12.4 Å². The topological polar surface area (TPSA) is 96.9 Å². The Morgan fingerprint density at radius 3 is 2.68 bits per heavy atom. The van der Waals surface area contributed by atoms with E-state index in [-0.39, 0.29) is 11.7 Å². The number of benzene rings is 1. The van der Waals surface area contributed by atoms with E-state index < -0.39 is 5.60 Å². The lowest BCUT2D eigenvalue weighted by atomic mass is 10.1. The number of nitrogens with two attached hydrogens (primary N) is 1. The van der Waals surface area contributed by atoms with Gasteiger partial charge in [-0.25, -0.2) is 0 Å². The van der Waals surface area contributed by atoms with E-state index in [1.165, 1.54) is 7.11 Å². The molecular weight excluding hydrogens is 314 g/mol. The normalized spacial score (nSPS) is 12.3. The van der Waals surface area contributed by atoms with Crippen LogP contribution in [0.15, 0.2) is 27.8 Å². The molecule has 0 aliphatic carbocycles. The Morgan fingerprint density at radius 2 is 2.16 bits per heavy atom. The van der Waals surface area contributed by atoms with Crippen molar-refractivity contribution in [2.45, 2.75) is 19.4 Å². The molecule has 0 heterocycles. The van der Waals surface area contributed by atoms with Crippen LogP contribution in [0.3, 0.4) is 0 Å². The molecule has 7 heteroatoms. The zero-order valence-electron chi connectivity index (χ0n) is 10.9. The van der Waals surface area contributed by atoms with Gasteiger partial charge < -0.3 is 21.0 Å². The number of oxime groups is 1. The maximum absolute atomic E-state index is 12.0. The van der Waals surface area contributed by atoms with Crippen molar-refractivity contribution in [3.8, 4) is 0 Å². The molecule has 0 fully saturated rings. The standard InChI is InChI=1S/C12H16BrN3O3/c1-12(2,19-3)11(17)15-9-5-4-7(13)6-8(9)10(14)16-18/h4-6,18H,1-3H3,(H2,14,16)(H,15,17). The molecule has 0 spiro atoms. The van der Waals surface area contributed by atoms with Crippen LogP contribution in [0.2, 0.25) is 0 Å². The van der Waals surface area contributed by atoms with Crippen LogP contribution >= 0.6 is 15.9 Å². The van der Waals surface area contributed by atoms with Crippen LogP contribution in [0, 0.1) is 0 Å². The van der Waals surface area contributed by atoms with Gasteiger partial charge in [-0.1, -0.05) is 21.1 Å². The Bertz CT molecular complexity index is 515. The number of amidine groups is 1. The quantitative estimate of drug-likeness (QED) is 0.340. The van der Waals surface area contributed by atoms with Crippen molar-refractivity contribution < 1.29 is 14.7 Å². The van der Waals surface area contributed by atoms with E-state index in [9.17, 15) is 4.79 Å². The molecule has 0 radical (unpaired) electrons. The fourth-order valence-electron chi connectivity index (χ4n) is 1.26. The number of ether oxygens (including phenoxy) is 1. The van der Waals surface area contributed by atoms with Gasteiger partial charge in [-0.15, -0.1) is 0 Å². The van der Waals surface area contributed by atoms with Crippen LogP contribution in [0.4, 0.5) is 5.69 Å². The summed E-state index contributed by atoms with van der Waals surface area (Å²) in [6.07, 6.45) is 0. The van der Waals surface area contributed by atoms with Gasteiger partial charge in [0.1, 0.15) is 5.60 Å². The molecule has 104 valence electrons. The zero-order valence-corrected chi connectivity index (χ0v) is 12.5. The highest BCUT2D eigenvalue weighted by Crippen LogP contribution is 2.22. The highest BCUT2D eigenvalue weighted by Gasteiger charge is 2.27. The first kappa shape index (κ1) is 15.5. The number of amides is 1. The van der Waals surface area contributed by atoms with Crippen molar-refractivity contribution in [3.63, 3.8) is 0 Å². The molecule has 0 aliphatic rings. The zero-order chi connectivity index (χ0) is 14.6. The lowest BCUT2D eigenvalue weighted by molar-refractivity contribution is -0.133. The number of carbonyl (C=O) groups is 1. The van der Waals surface area contributed by atoms with Gasteiger partial charge >= 0.3 is 0 Å². The van der Waals surface area contributed by atoms with Crippen molar-refractivity contribution >= 4 is 33.4 Å². The van der Waals surface area contributed by atoms with Crippen LogP contribution in [0.25, 0.3) is 0 Å². The molecule has 0 aromatic heterocycles. The minimum Gasteiger partial charge on any atom is -0.409 e. The number of nitrogens with one attached hydrogen (secondary N) is 1. The summed E-state index contributed by atoms with van der Waals surface area (Å²) in [5.74, 6) is -0.420. The van der Waals surface area contributed by atoms with Crippen molar-refractivity contribution in [1.29, 1.82) is 0 Å². The van der Waals surface area contributed by atoms with Crippen LogP contribution in [0.1, 0.15) is 19.4 Å². The van der Waals surface area contributed by atoms with E-state index in [2.05, 4.69) is 26.4 Å². The molecular formula is C12H16BrN3O3. The number of methoxy groups -OCH3 is 1. The van der Waals surface area contributed by atoms with Gasteiger partial charge in [0.2, 0.25) is 0 Å². The van der Waals surface area contributed by atoms with Crippen LogP contribution in [-0.2, 0) is 9.53 Å². The van der Waals surface area contributed by atoms with Crippen LogP contribution in [-0.4, -0.2) is 29.7 Å². The highest BCUT2D eigenvalue weighted by molar-refractivity contribution is 9.10. The second-order valence-corrected chi connectivity index (χ2v) is 5.26. The summed E-state index contributed by atoms with van der Waals surface area (Å²) in [5.41, 5.74) is 5.45. The first-order valence-corrected chi connectivity index (χ1v) is 6.25. The van der Waals surface area contributed by atoms with E-state index >= 15 is 0 Å². The van der Waals surface area contributed by atoms with Crippen LogP contribution in [0.5, 0.6) is 0 Å². The third-order valence-corrected chi connectivity index (χ3v) is 3.16. The Labute approximate surface area is 119 Å². The SMILES string of the molecule is COC(C)(C)C(=O)Nc1ccc(Br)cc1/C(N)=N/O. The second-order valence-electron chi connectivity index (χ2n) is 4.34. The van der Waals surface area contributed by atoms with Crippen molar-refractivity contribution in [3.05, 3.63) is 28.2 Å². The molecule has 0 bridgehead atoms. The Hall–Kier alpha value is -1.60. The molecule has 19 heavy (non-hydrogen) atoms. The van der Waals surface area contributed by atoms with Gasteiger partial charge in [-0.3, -0.25) is 4.79 Å². The Kier molecular flexibility index (Phi) is 4.90. The summed E-state index contributed by atoms with van der Waals surface area (Å²) in [4.78, 5) is 12.0. The van der Waals surface area contributed by atoms with Crippen LogP contribution < -0.4 is 11.1 Å². The number of carbonyl (C=O) groups excluding carboxylic acids is 1. The lowest BCUT2D eigenvalue weighted by Gasteiger charge is -2.22. The van der Waals surface area contributed by atoms with Gasteiger partial charge in [0.05, 0.1) is 5.69 Å². The van der Waals surface area contributed by atoms with Gasteiger partial charge in [0, 0.05) is 17.1 Å². The summed E-state index contributed by atoms with van der Waals surface area (Å²) < 4.78 is 5.84. The highest BCUT2D eigenvalue weighted by atomic mass is 79.9. The molecule has 1 aromatic carbocycles. The largest absolute Gasteiger partial charge is 0.409 e. The molecule has 1 rings (SSSR count). The minimum atomic E-state index is -0.977. The number of hydrogen-bond donors (Lipinski definition) is 3. The van der Waals surface area contributed by atoms with E-state index in [0.717, 1.165) is 4.47 Å². The van der Waals surface area contributed by atoms with Gasteiger partial charge in [-0.05, 0) is 32.0 Å². The summed E-state index contributed by atoms with van der Waals surface area (Å²) in [7, 11) is 1.45. The van der Waals surface area contributed by atoms with E-state index in [1.54, 1.807) is 32.0 Å². The molecule has 6 nitrogen and oxygen atoms in total. The molecule has 0 atom stereocenters. The summed E-state index contributed by atoms with van der Waals surface area (Å²) in [6.45, 7) is 3.29. The van der Waals surface area contributed by atoms with E-state index in [1.807, 2.05) is 0 Å². The maximum Gasteiger partial charge on any atom is 0.256 e. The maximum atomic E-state index is 12.0. The Balaban J connectivity index is 3.12. The summed E-state index contributed by atoms with van der Waals surface area (Å²) in [5, 5.41) is 14.4. The predicted octanol–water partition coefficient (Wildman–Crippen LogP) is 1.91. The van der Waals surface area contributed by atoms with Gasteiger partial charge in [0.25, 0.3) is 5.91 Å². The first-order chi connectivity index (χ1) is 8.81. The van der Waals surface area contributed by atoms with Gasteiger partial charge in [-0.2, -0.15) is 0 Å². The summed E-state index contributed by atoms with van der Waals surface area (Å²) >= 11 is 3.28. The average Bonchev–Trinajstić information content (AvgIpc) is 2.39. The fourth-order valence-corrected chi connectivity index (χ4v) is 1.62. The lowest BCUT2D eigenvalue weighted by Crippen LogP contribution is -2.39. The molecule has 0 saturated heterocycles. The second kappa shape index (κ2) is 6.03. The molecule has 1 aromatic rings. The predicted molar refractivity (Wildman–Crippen MR) is 76.4 cm³/mol. The van der Waals surface area contributed by atoms with Crippen molar-refractivity contribution in [1.82, 2.24) is 0 Å². The Morgan fingerprint density at radius 1 is 1.53 bits per heavy atom. The number of hydrogen-bond acceptors (Lipinski definition) is 4. The smallest absolute Gasteiger partial charge is 0.256 e. The molecule has 0 saturated carbocycles. The number of anilines is 1. The third-order valence-electron chi connectivity index (χ3n) is 2.67. The van der Waals surface area contributed by atoms with E-state index in [4.69, 9.17) is 15.7 Å². The average molecular weight is 330 g/mol. The number of nitrogens with zero attached hydrogens (tertiary/aromatic N) is 1. The first-order valence-electron chi connectivity index (χ1n) is 5.46. The van der Waals surface area contributed by atoms with Crippen molar-refractivity contribution in [2.24, 2.45) is 10.9 Å².